The summed E-state index contributed by atoms with van der Waals surface area (Å²) >= 11 is 2.71. The Morgan fingerprint density at radius 2 is 1.94 bits per heavy atom. The van der Waals surface area contributed by atoms with Crippen LogP contribution in [0.3, 0.4) is 0 Å². The first-order valence-corrected chi connectivity index (χ1v) is 7.93. The van der Waals surface area contributed by atoms with Crippen molar-refractivity contribution >= 4 is 22.7 Å². The van der Waals surface area contributed by atoms with Crippen LogP contribution in [0.5, 0.6) is 0 Å². The summed E-state index contributed by atoms with van der Waals surface area (Å²) in [5.74, 6) is -1.45. The van der Waals surface area contributed by atoms with E-state index in [0.29, 0.717) is 4.88 Å². The Morgan fingerprint density at radius 3 is 2.61 bits per heavy atom. The lowest BCUT2D eigenvalue weighted by molar-refractivity contribution is 0.518. The molecule has 2 heterocycles. The van der Waals surface area contributed by atoms with Crippen molar-refractivity contribution in [2.75, 3.05) is 0 Å². The summed E-state index contributed by atoms with van der Waals surface area (Å²) < 4.78 is 26.4. The average molecular weight is 286 g/mol. The zero-order valence-corrected chi connectivity index (χ0v) is 12.0. The summed E-state index contributed by atoms with van der Waals surface area (Å²) in [7, 11) is 0. The van der Waals surface area contributed by atoms with Crippen molar-refractivity contribution in [3.8, 4) is 9.75 Å². The van der Waals surface area contributed by atoms with E-state index in [1.54, 1.807) is 11.3 Å². The molecule has 2 aromatic heterocycles. The normalized spacial score (nSPS) is 11.1. The molecule has 4 heteroatoms. The maximum atomic E-state index is 13.5. The lowest BCUT2D eigenvalue weighted by atomic mass is 10.1. The van der Waals surface area contributed by atoms with Gasteiger partial charge in [-0.15, -0.1) is 22.7 Å². The molecule has 0 aliphatic rings. The van der Waals surface area contributed by atoms with Gasteiger partial charge in [-0.05, 0) is 25.0 Å². The minimum absolute atomic E-state index is 0.428. The maximum absolute atomic E-state index is 13.5. The standard InChI is InChI=1S/C14H16F2S2/c1-2-3-4-5-6-10-7-8-12(18-10)14-13(16)11(15)9-17-14/h7-9H,2-6H2,1H3. The number of thiophene rings is 2. The summed E-state index contributed by atoms with van der Waals surface area (Å²) in [6.07, 6.45) is 5.96. The molecular weight excluding hydrogens is 270 g/mol. The van der Waals surface area contributed by atoms with Gasteiger partial charge < -0.3 is 0 Å². The maximum Gasteiger partial charge on any atom is 0.178 e. The number of hydrogen-bond acceptors (Lipinski definition) is 2. The Hall–Kier alpha value is -0.740. The Balaban J connectivity index is 2.00. The molecule has 2 aromatic rings. The highest BCUT2D eigenvalue weighted by Crippen LogP contribution is 2.35. The van der Waals surface area contributed by atoms with Crippen LogP contribution in [0.25, 0.3) is 9.75 Å². The fourth-order valence-electron chi connectivity index (χ4n) is 1.85. The SMILES string of the molecule is CCCCCCc1ccc(-c2scc(F)c2F)s1. The first kappa shape index (κ1) is 13.7. The number of halogens is 2. The molecule has 0 aromatic carbocycles. The summed E-state index contributed by atoms with van der Waals surface area (Å²) in [6, 6.07) is 3.93. The number of aryl methyl sites for hydroxylation is 1. The number of unbranched alkanes of at least 4 members (excludes halogenated alkanes) is 3. The molecule has 0 spiro atoms. The van der Waals surface area contributed by atoms with E-state index in [2.05, 4.69) is 6.92 Å². The molecular formula is C14H16F2S2. The minimum atomic E-state index is -0.743. The first-order chi connectivity index (χ1) is 8.72. The third-order valence-electron chi connectivity index (χ3n) is 2.85. The topological polar surface area (TPSA) is 0 Å². The third kappa shape index (κ3) is 3.18. The van der Waals surface area contributed by atoms with Gasteiger partial charge in [-0.25, -0.2) is 8.78 Å². The van der Waals surface area contributed by atoms with Crippen LogP contribution >= 0.6 is 22.7 Å². The summed E-state index contributed by atoms with van der Waals surface area (Å²) in [5, 5.41) is 1.23. The molecule has 0 fully saturated rings. The van der Waals surface area contributed by atoms with Crippen molar-refractivity contribution in [2.45, 2.75) is 39.0 Å². The molecule has 98 valence electrons. The predicted octanol–water partition coefficient (Wildman–Crippen LogP) is 5.88. The van der Waals surface area contributed by atoms with E-state index in [1.165, 1.54) is 35.9 Å². The Morgan fingerprint density at radius 1 is 1.11 bits per heavy atom. The third-order valence-corrected chi connectivity index (χ3v) is 5.10. The molecule has 0 saturated carbocycles. The fourth-order valence-corrected chi connectivity index (χ4v) is 3.81. The van der Waals surface area contributed by atoms with Gasteiger partial charge >= 0.3 is 0 Å². The Labute approximate surface area is 114 Å². The average Bonchev–Trinajstić information content (AvgIpc) is 2.94. The predicted molar refractivity (Wildman–Crippen MR) is 75.4 cm³/mol. The van der Waals surface area contributed by atoms with Crippen LogP contribution in [-0.2, 0) is 6.42 Å². The highest BCUT2D eigenvalue weighted by atomic mass is 32.1. The summed E-state index contributed by atoms with van der Waals surface area (Å²) in [6.45, 7) is 2.19. The second kappa shape index (κ2) is 6.43. The van der Waals surface area contributed by atoms with Gasteiger partial charge in [0.1, 0.15) is 0 Å². The van der Waals surface area contributed by atoms with Gasteiger partial charge in [-0.2, -0.15) is 0 Å². The van der Waals surface area contributed by atoms with Gasteiger partial charge in [-0.3, -0.25) is 0 Å². The molecule has 18 heavy (non-hydrogen) atoms. The van der Waals surface area contributed by atoms with E-state index >= 15 is 0 Å². The Kier molecular flexibility index (Phi) is 4.89. The lowest BCUT2D eigenvalue weighted by Crippen LogP contribution is -1.80. The van der Waals surface area contributed by atoms with Crippen LogP contribution in [0.1, 0.15) is 37.5 Å². The summed E-state index contributed by atoms with van der Waals surface area (Å²) in [4.78, 5) is 2.53. The van der Waals surface area contributed by atoms with E-state index in [9.17, 15) is 8.78 Å². The van der Waals surface area contributed by atoms with Crippen LogP contribution < -0.4 is 0 Å². The molecule has 0 unspecified atom stereocenters. The van der Waals surface area contributed by atoms with Gasteiger partial charge in [0, 0.05) is 15.1 Å². The molecule has 2 rings (SSSR count). The quantitative estimate of drug-likeness (QED) is 0.582. The van der Waals surface area contributed by atoms with Gasteiger partial charge in [0.05, 0.1) is 4.88 Å². The number of hydrogen-bond donors (Lipinski definition) is 0. The molecule has 0 bridgehead atoms. The molecule has 0 aliphatic heterocycles. The zero-order chi connectivity index (χ0) is 13.0. The van der Waals surface area contributed by atoms with Crippen LogP contribution in [0.2, 0.25) is 0 Å². The molecule has 0 amide bonds. The molecule has 0 nitrogen and oxygen atoms in total. The van der Waals surface area contributed by atoms with E-state index in [0.717, 1.165) is 22.6 Å². The first-order valence-electron chi connectivity index (χ1n) is 6.24. The van der Waals surface area contributed by atoms with E-state index in [-0.39, 0.29) is 0 Å². The highest BCUT2D eigenvalue weighted by Gasteiger charge is 2.14. The van der Waals surface area contributed by atoms with Crippen LogP contribution in [0, 0.1) is 11.6 Å². The van der Waals surface area contributed by atoms with Crippen molar-refractivity contribution < 1.29 is 8.78 Å². The fraction of sp³-hybridized carbons (Fsp3) is 0.429. The monoisotopic (exact) mass is 286 g/mol. The van der Waals surface area contributed by atoms with Gasteiger partial charge in [-0.1, -0.05) is 26.2 Å². The van der Waals surface area contributed by atoms with Crippen molar-refractivity contribution in [2.24, 2.45) is 0 Å². The smallest absolute Gasteiger partial charge is 0.178 e. The molecule has 0 atom stereocenters. The molecule has 0 saturated heterocycles. The van der Waals surface area contributed by atoms with E-state index in [1.807, 2.05) is 12.1 Å². The second-order valence-electron chi connectivity index (χ2n) is 4.30. The zero-order valence-electron chi connectivity index (χ0n) is 10.3. The van der Waals surface area contributed by atoms with Crippen molar-refractivity contribution in [3.05, 3.63) is 34.0 Å². The number of rotatable bonds is 6. The van der Waals surface area contributed by atoms with Crippen molar-refractivity contribution in [1.82, 2.24) is 0 Å². The molecule has 0 aliphatic carbocycles. The van der Waals surface area contributed by atoms with Crippen LogP contribution in [0.15, 0.2) is 17.5 Å². The van der Waals surface area contributed by atoms with Crippen LogP contribution in [0.4, 0.5) is 8.78 Å². The lowest BCUT2D eigenvalue weighted by Gasteiger charge is -1.96. The van der Waals surface area contributed by atoms with Gasteiger partial charge in [0.25, 0.3) is 0 Å². The Bertz CT molecular complexity index is 500. The van der Waals surface area contributed by atoms with E-state index < -0.39 is 11.6 Å². The van der Waals surface area contributed by atoms with Gasteiger partial charge in [0.2, 0.25) is 0 Å². The van der Waals surface area contributed by atoms with Crippen molar-refractivity contribution in [3.63, 3.8) is 0 Å². The summed E-state index contributed by atoms with van der Waals surface area (Å²) in [5.41, 5.74) is 0. The minimum Gasteiger partial charge on any atom is -0.203 e. The van der Waals surface area contributed by atoms with Crippen LogP contribution in [-0.4, -0.2) is 0 Å². The van der Waals surface area contributed by atoms with E-state index in [4.69, 9.17) is 0 Å². The molecule has 0 radical (unpaired) electrons. The van der Waals surface area contributed by atoms with Crippen molar-refractivity contribution in [1.29, 1.82) is 0 Å². The largest absolute Gasteiger partial charge is 0.203 e. The molecule has 0 N–H and O–H groups in total. The highest BCUT2D eigenvalue weighted by molar-refractivity contribution is 7.21. The van der Waals surface area contributed by atoms with Gasteiger partial charge in [0.15, 0.2) is 11.6 Å². The second-order valence-corrected chi connectivity index (χ2v) is 6.35.